The van der Waals surface area contributed by atoms with Gasteiger partial charge in [-0.3, -0.25) is 9.59 Å². The van der Waals surface area contributed by atoms with Gasteiger partial charge in [-0.2, -0.15) is 0 Å². The molecule has 3 rings (SSSR count). The summed E-state index contributed by atoms with van der Waals surface area (Å²) in [6, 6.07) is 17.8. The third-order valence-electron chi connectivity index (χ3n) is 3.99. The first-order chi connectivity index (χ1) is 10.8. The maximum Gasteiger partial charge on any atom is 0.253 e. The van der Waals surface area contributed by atoms with E-state index in [9.17, 15) is 9.59 Å². The fourth-order valence-electron chi connectivity index (χ4n) is 2.65. The molecule has 0 N–H and O–H groups in total. The van der Waals surface area contributed by atoms with Crippen molar-refractivity contribution in [3.63, 3.8) is 0 Å². The van der Waals surface area contributed by atoms with E-state index >= 15 is 0 Å². The van der Waals surface area contributed by atoms with Crippen LogP contribution in [0.4, 0.5) is 0 Å². The second-order valence-electron chi connectivity index (χ2n) is 5.38. The summed E-state index contributed by atoms with van der Waals surface area (Å²) in [5, 5.41) is 0. The molecule has 1 saturated heterocycles. The summed E-state index contributed by atoms with van der Waals surface area (Å²) >= 11 is 0. The van der Waals surface area contributed by atoms with Crippen molar-refractivity contribution in [2.24, 2.45) is 0 Å². The minimum atomic E-state index is 0.0326. The molecule has 4 heteroatoms. The summed E-state index contributed by atoms with van der Waals surface area (Å²) < 4.78 is 0. The van der Waals surface area contributed by atoms with E-state index in [-0.39, 0.29) is 5.91 Å². The molecule has 1 aliphatic heterocycles. The molecule has 0 saturated carbocycles. The summed E-state index contributed by atoms with van der Waals surface area (Å²) in [5.74, 6) is 0.0326. The SMILES string of the molecule is O=CN1CCN(C(=O)c2ccc(-c3ccccc3)cc2)CC1. The van der Waals surface area contributed by atoms with Gasteiger partial charge >= 0.3 is 0 Å². The van der Waals surface area contributed by atoms with E-state index in [2.05, 4.69) is 12.1 Å². The van der Waals surface area contributed by atoms with Gasteiger partial charge < -0.3 is 9.80 Å². The van der Waals surface area contributed by atoms with Crippen LogP contribution >= 0.6 is 0 Å². The Morgan fingerprint density at radius 3 is 2.00 bits per heavy atom. The molecule has 0 atom stereocenters. The molecule has 0 radical (unpaired) electrons. The van der Waals surface area contributed by atoms with Crippen molar-refractivity contribution in [2.75, 3.05) is 26.2 Å². The average Bonchev–Trinajstić information content (AvgIpc) is 2.62. The van der Waals surface area contributed by atoms with Gasteiger partial charge in [-0.05, 0) is 23.3 Å². The Morgan fingerprint density at radius 2 is 1.41 bits per heavy atom. The minimum Gasteiger partial charge on any atom is -0.342 e. The van der Waals surface area contributed by atoms with Crippen molar-refractivity contribution in [2.45, 2.75) is 0 Å². The molecule has 0 bridgehead atoms. The van der Waals surface area contributed by atoms with Crippen LogP contribution in [0.5, 0.6) is 0 Å². The molecule has 2 aromatic carbocycles. The van der Waals surface area contributed by atoms with E-state index in [0.29, 0.717) is 31.7 Å². The van der Waals surface area contributed by atoms with Crippen LogP contribution in [0, 0.1) is 0 Å². The number of carbonyl (C=O) groups excluding carboxylic acids is 2. The minimum absolute atomic E-state index is 0.0326. The molecule has 22 heavy (non-hydrogen) atoms. The number of carbonyl (C=O) groups is 2. The molecule has 2 amide bonds. The fourth-order valence-corrected chi connectivity index (χ4v) is 2.65. The standard InChI is InChI=1S/C18H18N2O2/c21-14-19-10-12-20(13-11-19)18(22)17-8-6-16(7-9-17)15-4-2-1-3-5-15/h1-9,14H,10-13H2. The summed E-state index contributed by atoms with van der Waals surface area (Å²) in [6.07, 6.45) is 0.844. The van der Waals surface area contributed by atoms with Gasteiger partial charge in [0.25, 0.3) is 5.91 Å². The molecular formula is C18H18N2O2. The Morgan fingerprint density at radius 1 is 0.818 bits per heavy atom. The number of rotatable bonds is 3. The lowest BCUT2D eigenvalue weighted by Crippen LogP contribution is -2.48. The van der Waals surface area contributed by atoms with Crippen molar-refractivity contribution >= 4 is 12.3 Å². The zero-order chi connectivity index (χ0) is 15.4. The van der Waals surface area contributed by atoms with Crippen molar-refractivity contribution in [1.82, 2.24) is 9.80 Å². The normalized spacial score (nSPS) is 14.7. The molecule has 1 aliphatic rings. The summed E-state index contributed by atoms with van der Waals surface area (Å²) in [4.78, 5) is 26.7. The molecule has 1 heterocycles. The van der Waals surface area contributed by atoms with Crippen LogP contribution in [0.2, 0.25) is 0 Å². The molecule has 4 nitrogen and oxygen atoms in total. The van der Waals surface area contributed by atoms with Crippen LogP contribution < -0.4 is 0 Å². The van der Waals surface area contributed by atoms with Gasteiger partial charge in [-0.25, -0.2) is 0 Å². The highest BCUT2D eigenvalue weighted by Crippen LogP contribution is 2.20. The van der Waals surface area contributed by atoms with Crippen molar-refractivity contribution < 1.29 is 9.59 Å². The maximum absolute atomic E-state index is 12.5. The van der Waals surface area contributed by atoms with E-state index in [1.165, 1.54) is 0 Å². The second-order valence-corrected chi connectivity index (χ2v) is 5.38. The smallest absolute Gasteiger partial charge is 0.253 e. The first-order valence-corrected chi connectivity index (χ1v) is 7.42. The molecule has 0 unspecified atom stereocenters. The van der Waals surface area contributed by atoms with Gasteiger partial charge in [0, 0.05) is 31.7 Å². The molecule has 0 aromatic heterocycles. The van der Waals surface area contributed by atoms with Crippen LogP contribution in [0.15, 0.2) is 54.6 Å². The Labute approximate surface area is 130 Å². The number of piperazine rings is 1. The van der Waals surface area contributed by atoms with Crippen LogP contribution in [0.3, 0.4) is 0 Å². The molecular weight excluding hydrogens is 276 g/mol. The summed E-state index contributed by atoms with van der Waals surface area (Å²) in [7, 11) is 0. The first-order valence-electron chi connectivity index (χ1n) is 7.42. The van der Waals surface area contributed by atoms with Crippen LogP contribution in [0.1, 0.15) is 10.4 Å². The van der Waals surface area contributed by atoms with Gasteiger partial charge in [0.05, 0.1) is 0 Å². The molecule has 0 aliphatic carbocycles. The molecule has 1 fully saturated rings. The summed E-state index contributed by atoms with van der Waals surface area (Å²) in [5.41, 5.74) is 2.93. The Hall–Kier alpha value is -2.62. The van der Waals surface area contributed by atoms with Gasteiger partial charge in [0.15, 0.2) is 0 Å². The predicted molar refractivity (Wildman–Crippen MR) is 85.4 cm³/mol. The van der Waals surface area contributed by atoms with Crippen LogP contribution in [0.25, 0.3) is 11.1 Å². The predicted octanol–water partition coefficient (Wildman–Crippen LogP) is 2.27. The second kappa shape index (κ2) is 6.43. The quantitative estimate of drug-likeness (QED) is 0.815. The lowest BCUT2D eigenvalue weighted by molar-refractivity contribution is -0.119. The largest absolute Gasteiger partial charge is 0.342 e. The summed E-state index contributed by atoms with van der Waals surface area (Å²) in [6.45, 7) is 2.41. The number of hydrogen-bond acceptors (Lipinski definition) is 2. The molecule has 2 aromatic rings. The highest BCUT2D eigenvalue weighted by atomic mass is 16.2. The van der Waals surface area contributed by atoms with Crippen LogP contribution in [-0.2, 0) is 4.79 Å². The van der Waals surface area contributed by atoms with Crippen molar-refractivity contribution in [3.05, 3.63) is 60.2 Å². The molecule has 0 spiro atoms. The monoisotopic (exact) mass is 294 g/mol. The number of hydrogen-bond donors (Lipinski definition) is 0. The highest BCUT2D eigenvalue weighted by molar-refractivity contribution is 5.94. The van der Waals surface area contributed by atoms with E-state index in [1.54, 1.807) is 9.80 Å². The number of nitrogens with zero attached hydrogens (tertiary/aromatic N) is 2. The van der Waals surface area contributed by atoms with E-state index in [0.717, 1.165) is 17.5 Å². The van der Waals surface area contributed by atoms with Gasteiger partial charge in [0.2, 0.25) is 6.41 Å². The highest BCUT2D eigenvalue weighted by Gasteiger charge is 2.21. The van der Waals surface area contributed by atoms with Gasteiger partial charge in [-0.1, -0.05) is 42.5 Å². The maximum atomic E-state index is 12.5. The lowest BCUT2D eigenvalue weighted by atomic mass is 10.0. The Balaban J connectivity index is 1.70. The van der Waals surface area contributed by atoms with E-state index in [1.807, 2.05) is 42.5 Å². The Bertz CT molecular complexity index is 645. The zero-order valence-corrected chi connectivity index (χ0v) is 12.3. The van der Waals surface area contributed by atoms with Crippen molar-refractivity contribution in [3.8, 4) is 11.1 Å². The van der Waals surface area contributed by atoms with Gasteiger partial charge in [-0.15, -0.1) is 0 Å². The zero-order valence-electron chi connectivity index (χ0n) is 12.3. The van der Waals surface area contributed by atoms with Gasteiger partial charge in [0.1, 0.15) is 0 Å². The first kappa shape index (κ1) is 14.3. The number of amides is 2. The third kappa shape index (κ3) is 3.01. The Kier molecular flexibility index (Phi) is 4.19. The van der Waals surface area contributed by atoms with Crippen LogP contribution in [-0.4, -0.2) is 48.3 Å². The average molecular weight is 294 g/mol. The lowest BCUT2D eigenvalue weighted by Gasteiger charge is -2.32. The topological polar surface area (TPSA) is 40.6 Å². The fraction of sp³-hybridized carbons (Fsp3) is 0.222. The van der Waals surface area contributed by atoms with Crippen molar-refractivity contribution in [1.29, 1.82) is 0 Å². The van der Waals surface area contributed by atoms with E-state index < -0.39 is 0 Å². The molecule has 112 valence electrons. The van der Waals surface area contributed by atoms with E-state index in [4.69, 9.17) is 0 Å². The third-order valence-corrected chi connectivity index (χ3v) is 3.99. The number of benzene rings is 2.